The Hall–Kier alpha value is -1.48. The summed E-state index contributed by atoms with van der Waals surface area (Å²) in [5.74, 6) is 1.42. The molecule has 2 aliphatic heterocycles. The van der Waals surface area contributed by atoms with Crippen LogP contribution in [0, 0.1) is 5.92 Å². The fraction of sp³-hybridized carbons (Fsp3) is 0.611. The van der Waals surface area contributed by atoms with E-state index in [2.05, 4.69) is 16.0 Å². The Morgan fingerprint density at radius 1 is 1.19 bits per heavy atom. The summed E-state index contributed by atoms with van der Waals surface area (Å²) >= 11 is 0. The summed E-state index contributed by atoms with van der Waals surface area (Å²) in [6, 6.07) is 7.05. The van der Waals surface area contributed by atoms with Crippen LogP contribution in [0.4, 0.5) is 0 Å². The maximum atomic E-state index is 11.6. The minimum Gasteiger partial charge on any atom is -0.362 e. The molecule has 1 aromatic carbocycles. The van der Waals surface area contributed by atoms with Gasteiger partial charge in [0.15, 0.2) is 16.1 Å². The third kappa shape index (κ3) is 4.82. The highest BCUT2D eigenvalue weighted by atomic mass is 32.2. The van der Waals surface area contributed by atoms with E-state index in [1.54, 1.807) is 19.2 Å². The molecular formula is C18H28N4O3S. The fourth-order valence-corrected chi connectivity index (χ4v) is 4.02. The van der Waals surface area contributed by atoms with Crippen molar-refractivity contribution >= 4 is 15.7 Å². The van der Waals surface area contributed by atoms with E-state index < -0.39 is 9.84 Å². The number of methoxy groups -OCH3 is 1. The molecule has 2 atom stereocenters. The lowest BCUT2D eigenvalue weighted by atomic mass is 9.98. The summed E-state index contributed by atoms with van der Waals surface area (Å²) in [7, 11) is -1.51. The van der Waals surface area contributed by atoms with Gasteiger partial charge < -0.3 is 15.4 Å². The summed E-state index contributed by atoms with van der Waals surface area (Å²) in [6.07, 6.45) is 3.29. The molecule has 0 bridgehead atoms. The standard InChI is InChI=1S/C18H28N4O3S/c1-25-18-17(20-11-13-7-9-19-10-8-13)22-16(12-21-18)14-3-5-15(6-4-14)26(2,23)24/h3-6,13,16,18-19,21H,7-12H2,1-2H3,(H,20,22). The van der Waals surface area contributed by atoms with Gasteiger partial charge in [0.05, 0.1) is 10.9 Å². The van der Waals surface area contributed by atoms with Crippen molar-refractivity contribution in [2.45, 2.75) is 30.0 Å². The second-order valence-electron chi connectivity index (χ2n) is 6.98. The molecule has 2 heterocycles. The minimum absolute atomic E-state index is 0.0294. The zero-order chi connectivity index (χ0) is 18.6. The van der Waals surface area contributed by atoms with Crippen LogP contribution in [0.5, 0.6) is 0 Å². The predicted octanol–water partition coefficient (Wildman–Crippen LogP) is 0.695. The largest absolute Gasteiger partial charge is 0.362 e. The number of nitrogens with zero attached hydrogens (tertiary/aromatic N) is 1. The third-order valence-electron chi connectivity index (χ3n) is 5.00. The molecule has 2 saturated heterocycles. The Bertz CT molecular complexity index is 727. The van der Waals surface area contributed by atoms with E-state index in [0.29, 0.717) is 17.4 Å². The Labute approximate surface area is 155 Å². The van der Waals surface area contributed by atoms with Crippen molar-refractivity contribution in [2.24, 2.45) is 10.9 Å². The van der Waals surface area contributed by atoms with Gasteiger partial charge in [0.2, 0.25) is 0 Å². The average Bonchev–Trinajstić information content (AvgIpc) is 2.66. The first-order valence-electron chi connectivity index (χ1n) is 9.05. The van der Waals surface area contributed by atoms with Crippen LogP contribution in [0.1, 0.15) is 24.4 Å². The van der Waals surface area contributed by atoms with E-state index in [9.17, 15) is 8.42 Å². The SMILES string of the molecule is COC1NCC(c2ccc(S(C)(=O)=O)cc2)NC1=NCC1CCNCC1. The number of amidine groups is 1. The summed E-state index contributed by atoms with van der Waals surface area (Å²) in [5.41, 5.74) is 1.02. The van der Waals surface area contributed by atoms with Gasteiger partial charge in [0.25, 0.3) is 0 Å². The highest BCUT2D eigenvalue weighted by molar-refractivity contribution is 7.90. The van der Waals surface area contributed by atoms with Crippen molar-refractivity contribution in [1.29, 1.82) is 0 Å². The van der Waals surface area contributed by atoms with Crippen molar-refractivity contribution < 1.29 is 13.2 Å². The molecule has 0 spiro atoms. The Morgan fingerprint density at radius 2 is 1.88 bits per heavy atom. The topological polar surface area (TPSA) is 91.8 Å². The smallest absolute Gasteiger partial charge is 0.175 e. The number of rotatable bonds is 5. The Kier molecular flexibility index (Phi) is 6.29. The zero-order valence-electron chi connectivity index (χ0n) is 15.4. The normalized spacial score (nSPS) is 26.6. The van der Waals surface area contributed by atoms with Crippen molar-refractivity contribution in [2.75, 3.05) is 39.5 Å². The van der Waals surface area contributed by atoms with Gasteiger partial charge in [0, 0.05) is 26.5 Å². The summed E-state index contributed by atoms with van der Waals surface area (Å²) in [6.45, 7) is 3.60. The van der Waals surface area contributed by atoms with E-state index >= 15 is 0 Å². The lowest BCUT2D eigenvalue weighted by Gasteiger charge is -2.33. The Morgan fingerprint density at radius 3 is 2.50 bits per heavy atom. The number of nitrogens with one attached hydrogen (secondary N) is 3. The van der Waals surface area contributed by atoms with Crippen molar-refractivity contribution in [3.05, 3.63) is 29.8 Å². The van der Waals surface area contributed by atoms with E-state index in [4.69, 9.17) is 9.73 Å². The number of piperidine rings is 1. The molecule has 2 unspecified atom stereocenters. The monoisotopic (exact) mass is 380 g/mol. The molecule has 2 fully saturated rings. The predicted molar refractivity (Wildman–Crippen MR) is 102 cm³/mol. The molecule has 144 valence electrons. The van der Waals surface area contributed by atoms with Crippen LogP contribution < -0.4 is 16.0 Å². The second kappa shape index (κ2) is 8.47. The van der Waals surface area contributed by atoms with Gasteiger partial charge in [-0.2, -0.15) is 0 Å². The molecule has 3 N–H and O–H groups in total. The quantitative estimate of drug-likeness (QED) is 0.696. The van der Waals surface area contributed by atoms with Gasteiger partial charge in [-0.1, -0.05) is 12.1 Å². The van der Waals surface area contributed by atoms with Gasteiger partial charge in [-0.3, -0.25) is 10.3 Å². The van der Waals surface area contributed by atoms with E-state index in [-0.39, 0.29) is 12.3 Å². The summed E-state index contributed by atoms with van der Waals surface area (Å²) in [5, 5.41) is 10.2. The lowest BCUT2D eigenvalue weighted by Crippen LogP contribution is -2.55. The number of aliphatic imine (C=N–C) groups is 1. The molecule has 7 nitrogen and oxygen atoms in total. The van der Waals surface area contributed by atoms with Gasteiger partial charge in [-0.05, 0) is 49.5 Å². The maximum absolute atomic E-state index is 11.6. The Balaban J connectivity index is 1.69. The molecule has 0 amide bonds. The van der Waals surface area contributed by atoms with Crippen LogP contribution in [0.25, 0.3) is 0 Å². The first-order valence-corrected chi connectivity index (χ1v) is 10.9. The van der Waals surface area contributed by atoms with Gasteiger partial charge in [-0.25, -0.2) is 8.42 Å². The third-order valence-corrected chi connectivity index (χ3v) is 6.13. The highest BCUT2D eigenvalue weighted by Gasteiger charge is 2.27. The molecule has 3 rings (SSSR count). The second-order valence-corrected chi connectivity index (χ2v) is 9.00. The zero-order valence-corrected chi connectivity index (χ0v) is 16.2. The molecule has 8 heteroatoms. The molecule has 1 aromatic rings. The van der Waals surface area contributed by atoms with Crippen molar-refractivity contribution in [1.82, 2.24) is 16.0 Å². The van der Waals surface area contributed by atoms with Crippen LogP contribution in [0.3, 0.4) is 0 Å². The van der Waals surface area contributed by atoms with Crippen LogP contribution in [-0.4, -0.2) is 60.0 Å². The lowest BCUT2D eigenvalue weighted by molar-refractivity contribution is 0.112. The molecule has 0 aliphatic carbocycles. The fourth-order valence-electron chi connectivity index (χ4n) is 3.39. The van der Waals surface area contributed by atoms with Gasteiger partial charge >= 0.3 is 0 Å². The number of benzene rings is 1. The first-order chi connectivity index (χ1) is 12.5. The van der Waals surface area contributed by atoms with E-state index in [0.717, 1.165) is 43.9 Å². The number of piperazine rings is 1. The minimum atomic E-state index is -3.18. The van der Waals surface area contributed by atoms with E-state index in [1.165, 1.54) is 6.26 Å². The van der Waals surface area contributed by atoms with Crippen molar-refractivity contribution in [3.8, 4) is 0 Å². The van der Waals surface area contributed by atoms with Crippen LogP contribution in [0.15, 0.2) is 34.2 Å². The van der Waals surface area contributed by atoms with Crippen LogP contribution in [0.2, 0.25) is 0 Å². The van der Waals surface area contributed by atoms with E-state index in [1.807, 2.05) is 12.1 Å². The maximum Gasteiger partial charge on any atom is 0.175 e. The summed E-state index contributed by atoms with van der Waals surface area (Å²) < 4.78 is 28.7. The molecule has 0 aromatic heterocycles. The molecule has 2 aliphatic rings. The number of hydrogen-bond donors (Lipinski definition) is 3. The van der Waals surface area contributed by atoms with Gasteiger partial charge in [-0.15, -0.1) is 0 Å². The first kappa shape index (κ1) is 19.3. The molecular weight excluding hydrogens is 352 g/mol. The van der Waals surface area contributed by atoms with Crippen LogP contribution >= 0.6 is 0 Å². The summed E-state index contributed by atoms with van der Waals surface area (Å²) in [4.78, 5) is 5.12. The number of ether oxygens (including phenoxy) is 1. The van der Waals surface area contributed by atoms with Crippen LogP contribution in [-0.2, 0) is 14.6 Å². The molecule has 0 saturated carbocycles. The number of hydrogen-bond acceptors (Lipinski definition) is 6. The van der Waals surface area contributed by atoms with Gasteiger partial charge in [0.1, 0.15) is 5.84 Å². The average molecular weight is 381 g/mol. The molecule has 0 radical (unpaired) electrons. The van der Waals surface area contributed by atoms with Crippen molar-refractivity contribution in [3.63, 3.8) is 0 Å². The highest BCUT2D eigenvalue weighted by Crippen LogP contribution is 2.19. The molecule has 26 heavy (non-hydrogen) atoms. The number of sulfone groups is 1.